The predicted octanol–water partition coefficient (Wildman–Crippen LogP) is 6.44. The summed E-state index contributed by atoms with van der Waals surface area (Å²) in [5, 5.41) is 1.41. The van der Waals surface area contributed by atoms with E-state index in [2.05, 4.69) is 18.4 Å². The number of rotatable bonds is 3. The van der Waals surface area contributed by atoms with Gasteiger partial charge in [-0.3, -0.25) is 0 Å². The predicted molar refractivity (Wildman–Crippen MR) is 96.9 cm³/mol. The van der Waals surface area contributed by atoms with E-state index in [1.807, 2.05) is 48.5 Å². The van der Waals surface area contributed by atoms with Crippen molar-refractivity contribution in [3.8, 4) is 22.5 Å². The van der Waals surface area contributed by atoms with Gasteiger partial charge < -0.3 is 0 Å². The highest BCUT2D eigenvalue weighted by atomic mass is 35.5. The van der Waals surface area contributed by atoms with E-state index in [1.165, 1.54) is 0 Å². The van der Waals surface area contributed by atoms with E-state index in [0.29, 0.717) is 10.0 Å². The summed E-state index contributed by atoms with van der Waals surface area (Å²) in [5.41, 5.74) is 3.83. The summed E-state index contributed by atoms with van der Waals surface area (Å²) in [6, 6.07) is 19.6. The van der Waals surface area contributed by atoms with E-state index in [1.54, 1.807) is 11.8 Å². The van der Waals surface area contributed by atoms with Crippen LogP contribution in [0.15, 0.2) is 65.6 Å². The molecule has 22 heavy (non-hydrogen) atoms. The maximum absolute atomic E-state index is 6.10. The molecule has 0 aliphatic heterocycles. The number of pyridine rings is 1. The van der Waals surface area contributed by atoms with Gasteiger partial charge in [-0.15, -0.1) is 11.8 Å². The third-order valence-corrected chi connectivity index (χ3v) is 4.45. The zero-order chi connectivity index (χ0) is 15.5. The number of thioether (sulfide) groups is 1. The summed E-state index contributed by atoms with van der Waals surface area (Å²) in [5.74, 6) is 0. The van der Waals surface area contributed by atoms with Crippen molar-refractivity contribution in [2.45, 2.75) is 4.90 Å². The number of aromatic nitrogens is 1. The largest absolute Gasteiger partial charge is 0.248 e. The third-order valence-electron chi connectivity index (χ3n) is 3.28. The molecule has 4 heteroatoms. The molecular formula is C18H13Cl2NS. The van der Waals surface area contributed by atoms with E-state index in [0.717, 1.165) is 27.4 Å². The summed E-state index contributed by atoms with van der Waals surface area (Å²) in [4.78, 5) is 5.93. The van der Waals surface area contributed by atoms with Gasteiger partial charge >= 0.3 is 0 Å². The average Bonchev–Trinajstić information content (AvgIpc) is 2.54. The normalized spacial score (nSPS) is 10.7. The van der Waals surface area contributed by atoms with Crippen molar-refractivity contribution in [1.82, 2.24) is 4.98 Å². The van der Waals surface area contributed by atoms with Crippen LogP contribution in [0, 0.1) is 0 Å². The van der Waals surface area contributed by atoms with Crippen LogP contribution in [0.25, 0.3) is 22.5 Å². The van der Waals surface area contributed by atoms with E-state index in [-0.39, 0.29) is 0 Å². The first-order chi connectivity index (χ1) is 10.7. The molecule has 0 saturated carbocycles. The Kier molecular flexibility index (Phi) is 4.72. The molecule has 0 aliphatic carbocycles. The van der Waals surface area contributed by atoms with E-state index >= 15 is 0 Å². The first-order valence-corrected chi connectivity index (χ1v) is 8.72. The van der Waals surface area contributed by atoms with Gasteiger partial charge in [-0.1, -0.05) is 47.5 Å². The fraction of sp³-hybridized carbons (Fsp3) is 0.0556. The van der Waals surface area contributed by atoms with Crippen molar-refractivity contribution in [1.29, 1.82) is 0 Å². The van der Waals surface area contributed by atoms with Crippen molar-refractivity contribution < 1.29 is 0 Å². The molecule has 0 saturated heterocycles. The van der Waals surface area contributed by atoms with Crippen LogP contribution < -0.4 is 0 Å². The minimum Gasteiger partial charge on any atom is -0.248 e. The van der Waals surface area contributed by atoms with Gasteiger partial charge in [0.05, 0.1) is 11.4 Å². The van der Waals surface area contributed by atoms with Gasteiger partial charge in [0, 0.05) is 26.1 Å². The smallest absolute Gasteiger partial charge is 0.0721 e. The average molecular weight is 346 g/mol. The molecule has 0 atom stereocenters. The molecule has 3 aromatic rings. The van der Waals surface area contributed by atoms with Crippen molar-refractivity contribution in [2.24, 2.45) is 0 Å². The Bertz CT molecular complexity index is 754. The zero-order valence-corrected chi connectivity index (χ0v) is 14.2. The van der Waals surface area contributed by atoms with Gasteiger partial charge in [-0.2, -0.15) is 0 Å². The second-order valence-electron chi connectivity index (χ2n) is 4.80. The van der Waals surface area contributed by atoms with Crippen LogP contribution in [0.2, 0.25) is 10.0 Å². The number of hydrogen-bond acceptors (Lipinski definition) is 2. The molecule has 0 aliphatic rings. The van der Waals surface area contributed by atoms with E-state index < -0.39 is 0 Å². The highest BCUT2D eigenvalue weighted by molar-refractivity contribution is 7.98. The summed E-state index contributed by atoms with van der Waals surface area (Å²) in [6.45, 7) is 0. The highest BCUT2D eigenvalue weighted by Crippen LogP contribution is 2.30. The minimum absolute atomic E-state index is 0.707. The summed E-state index contributed by atoms with van der Waals surface area (Å²) in [6.07, 6.45) is 2.05. The van der Waals surface area contributed by atoms with Crippen LogP contribution in [-0.4, -0.2) is 11.2 Å². The molecule has 3 rings (SSSR count). The first kappa shape index (κ1) is 15.4. The van der Waals surface area contributed by atoms with Crippen molar-refractivity contribution in [3.05, 3.63) is 70.7 Å². The molecule has 2 aromatic carbocycles. The molecule has 0 fully saturated rings. The quantitative estimate of drug-likeness (QED) is 0.506. The molecule has 0 spiro atoms. The van der Waals surface area contributed by atoms with Crippen LogP contribution >= 0.6 is 35.0 Å². The topological polar surface area (TPSA) is 12.9 Å². The van der Waals surface area contributed by atoms with Crippen LogP contribution in [-0.2, 0) is 0 Å². The monoisotopic (exact) mass is 345 g/mol. The molecule has 0 unspecified atom stereocenters. The zero-order valence-electron chi connectivity index (χ0n) is 11.9. The van der Waals surface area contributed by atoms with Crippen LogP contribution in [0.1, 0.15) is 0 Å². The van der Waals surface area contributed by atoms with Crippen LogP contribution in [0.5, 0.6) is 0 Å². The summed E-state index contributed by atoms with van der Waals surface area (Å²) < 4.78 is 0. The number of hydrogen-bond donors (Lipinski definition) is 0. The van der Waals surface area contributed by atoms with Crippen LogP contribution in [0.4, 0.5) is 0 Å². The number of halogens is 2. The Hall–Kier alpha value is -1.48. The lowest BCUT2D eigenvalue weighted by Crippen LogP contribution is -1.90. The Morgan fingerprint density at radius 3 is 1.68 bits per heavy atom. The standard InChI is InChI=1S/C18H13Cl2NS/c1-22-16-10-17(12-4-2-6-14(19)8-12)21-18(11-16)13-5-3-7-15(20)9-13/h2-11H,1H3. The van der Waals surface area contributed by atoms with Gasteiger partial charge in [0.15, 0.2) is 0 Å². The number of nitrogens with zero attached hydrogens (tertiary/aromatic N) is 1. The lowest BCUT2D eigenvalue weighted by atomic mass is 10.1. The van der Waals surface area contributed by atoms with Crippen molar-refractivity contribution in [3.63, 3.8) is 0 Å². The highest BCUT2D eigenvalue weighted by Gasteiger charge is 2.08. The van der Waals surface area contributed by atoms with Gasteiger partial charge in [-0.05, 0) is 42.7 Å². The number of benzene rings is 2. The van der Waals surface area contributed by atoms with Gasteiger partial charge in [0.1, 0.15) is 0 Å². The van der Waals surface area contributed by atoms with Crippen LogP contribution in [0.3, 0.4) is 0 Å². The molecule has 1 heterocycles. The van der Waals surface area contributed by atoms with Gasteiger partial charge in [0.25, 0.3) is 0 Å². The maximum Gasteiger partial charge on any atom is 0.0721 e. The molecule has 1 nitrogen and oxygen atoms in total. The Morgan fingerprint density at radius 1 is 0.773 bits per heavy atom. The molecular weight excluding hydrogens is 333 g/mol. The van der Waals surface area contributed by atoms with E-state index in [4.69, 9.17) is 28.2 Å². The van der Waals surface area contributed by atoms with Gasteiger partial charge in [0.2, 0.25) is 0 Å². The Balaban J connectivity index is 2.14. The van der Waals surface area contributed by atoms with Gasteiger partial charge in [-0.25, -0.2) is 4.98 Å². The lowest BCUT2D eigenvalue weighted by Gasteiger charge is -2.09. The minimum atomic E-state index is 0.707. The Labute approximate surface area is 144 Å². The van der Waals surface area contributed by atoms with Crippen molar-refractivity contribution in [2.75, 3.05) is 6.26 Å². The SMILES string of the molecule is CSc1cc(-c2cccc(Cl)c2)nc(-c2cccc(Cl)c2)c1. The summed E-state index contributed by atoms with van der Waals surface area (Å²) in [7, 11) is 0. The molecule has 110 valence electrons. The summed E-state index contributed by atoms with van der Waals surface area (Å²) >= 11 is 13.9. The molecule has 0 bridgehead atoms. The Morgan fingerprint density at radius 2 is 1.27 bits per heavy atom. The van der Waals surface area contributed by atoms with E-state index in [9.17, 15) is 0 Å². The fourth-order valence-corrected chi connectivity index (χ4v) is 3.05. The van der Waals surface area contributed by atoms with Crippen molar-refractivity contribution >= 4 is 35.0 Å². The second-order valence-corrected chi connectivity index (χ2v) is 6.55. The molecule has 0 radical (unpaired) electrons. The lowest BCUT2D eigenvalue weighted by molar-refractivity contribution is 1.27. The molecule has 0 amide bonds. The molecule has 1 aromatic heterocycles. The molecule has 0 N–H and O–H groups in total. The fourth-order valence-electron chi connectivity index (χ4n) is 2.21. The second kappa shape index (κ2) is 6.74. The first-order valence-electron chi connectivity index (χ1n) is 6.73. The maximum atomic E-state index is 6.10. The third kappa shape index (κ3) is 3.46.